The van der Waals surface area contributed by atoms with Crippen LogP contribution >= 0.6 is 0 Å². The van der Waals surface area contributed by atoms with Crippen LogP contribution in [0.3, 0.4) is 0 Å². The van der Waals surface area contributed by atoms with E-state index < -0.39 is 11.6 Å². The fourth-order valence-electron chi connectivity index (χ4n) is 2.45. The number of nitriles is 1. The smallest absolute Gasteiger partial charge is 0.193 e. The van der Waals surface area contributed by atoms with Crippen LogP contribution in [0.15, 0.2) is 34.7 Å². The molecule has 6 nitrogen and oxygen atoms in total. The molecule has 0 aliphatic carbocycles. The molecule has 1 aromatic carbocycles. The molecule has 0 unspecified atom stereocenters. The van der Waals surface area contributed by atoms with Gasteiger partial charge in [0.1, 0.15) is 23.3 Å². The molecule has 0 amide bonds. The molecular formula is C17H20F2N6. The van der Waals surface area contributed by atoms with E-state index in [1.165, 1.54) is 23.0 Å². The maximum Gasteiger partial charge on any atom is 0.193 e. The highest BCUT2D eigenvalue weighted by Crippen LogP contribution is 2.22. The maximum absolute atomic E-state index is 13.4. The summed E-state index contributed by atoms with van der Waals surface area (Å²) in [5.41, 5.74) is 0.624. The van der Waals surface area contributed by atoms with E-state index in [0.717, 1.165) is 6.07 Å². The summed E-state index contributed by atoms with van der Waals surface area (Å²) in [7, 11) is 0. The van der Waals surface area contributed by atoms with E-state index in [9.17, 15) is 14.0 Å². The van der Waals surface area contributed by atoms with Crippen molar-refractivity contribution < 1.29 is 8.78 Å². The molecule has 0 saturated heterocycles. The monoisotopic (exact) mass is 346 g/mol. The molecule has 1 heterocycles. The fraction of sp³-hybridized carbons (Fsp3) is 0.412. The fourth-order valence-corrected chi connectivity index (χ4v) is 2.45. The Labute approximate surface area is 145 Å². The molecule has 0 saturated carbocycles. The van der Waals surface area contributed by atoms with Crippen LogP contribution in [0.5, 0.6) is 0 Å². The predicted molar refractivity (Wildman–Crippen MR) is 89.0 cm³/mol. The molecule has 0 bridgehead atoms. The maximum atomic E-state index is 13.4. The minimum Gasteiger partial charge on any atom is -0.273 e. The predicted octanol–water partition coefficient (Wildman–Crippen LogP) is 4.20. The first-order chi connectivity index (χ1) is 11.8. The summed E-state index contributed by atoms with van der Waals surface area (Å²) >= 11 is 0. The highest BCUT2D eigenvalue weighted by molar-refractivity contribution is 5.46. The first-order valence-corrected chi connectivity index (χ1v) is 7.92. The largest absolute Gasteiger partial charge is 0.273 e. The topological polar surface area (TPSA) is 69.6 Å². The van der Waals surface area contributed by atoms with Crippen LogP contribution in [0.4, 0.5) is 14.6 Å². The quantitative estimate of drug-likeness (QED) is 0.581. The molecule has 0 aliphatic heterocycles. The zero-order valence-electron chi connectivity index (χ0n) is 14.6. The third kappa shape index (κ3) is 4.59. The lowest BCUT2D eigenvalue weighted by atomic mass is 10.2. The first-order valence-electron chi connectivity index (χ1n) is 7.92. The van der Waals surface area contributed by atoms with Crippen molar-refractivity contribution in [2.45, 2.75) is 46.3 Å². The lowest BCUT2D eigenvalue weighted by molar-refractivity contribution is 0.169. The molecule has 25 heavy (non-hydrogen) atoms. The van der Waals surface area contributed by atoms with Gasteiger partial charge in [0.15, 0.2) is 5.82 Å². The van der Waals surface area contributed by atoms with Crippen molar-refractivity contribution in [3.8, 4) is 6.07 Å². The standard InChI is InChI=1S/C17H20F2N6/c1-11(2)25(12(3)4)23-22-17-14(8-20)9-21-24(17)10-13-5-15(18)7-16(19)6-13/h5-7,9,11-12H,10H2,1-4H3/b23-22+. The van der Waals surface area contributed by atoms with Crippen molar-refractivity contribution in [1.29, 1.82) is 5.26 Å². The van der Waals surface area contributed by atoms with Crippen molar-refractivity contribution >= 4 is 5.82 Å². The second kappa shape index (κ2) is 7.83. The summed E-state index contributed by atoms with van der Waals surface area (Å²) in [5, 5.41) is 23.5. The summed E-state index contributed by atoms with van der Waals surface area (Å²) in [6, 6.07) is 5.49. The Bertz CT molecular complexity index is 776. The zero-order chi connectivity index (χ0) is 18.6. The molecule has 8 heteroatoms. The number of hydrogen-bond donors (Lipinski definition) is 0. The summed E-state index contributed by atoms with van der Waals surface area (Å²) in [6.07, 6.45) is 1.36. The van der Waals surface area contributed by atoms with E-state index in [2.05, 4.69) is 15.4 Å². The molecule has 0 aliphatic rings. The van der Waals surface area contributed by atoms with Crippen molar-refractivity contribution in [2.24, 2.45) is 10.3 Å². The van der Waals surface area contributed by atoms with Crippen molar-refractivity contribution in [3.05, 3.63) is 47.2 Å². The molecule has 0 spiro atoms. The Kier molecular flexibility index (Phi) is 5.80. The van der Waals surface area contributed by atoms with Crippen molar-refractivity contribution in [3.63, 3.8) is 0 Å². The molecule has 2 aromatic rings. The minimum absolute atomic E-state index is 0.0775. The van der Waals surface area contributed by atoms with Gasteiger partial charge in [-0.05, 0) is 45.4 Å². The van der Waals surface area contributed by atoms with E-state index in [4.69, 9.17) is 0 Å². The summed E-state index contributed by atoms with van der Waals surface area (Å²) in [5.74, 6) is -1.09. The van der Waals surface area contributed by atoms with Gasteiger partial charge in [-0.3, -0.25) is 5.01 Å². The SMILES string of the molecule is CC(C)N(/N=N/c1c(C#N)cnn1Cc1cc(F)cc(F)c1)C(C)C. The molecule has 0 radical (unpaired) electrons. The van der Waals surface area contributed by atoms with Gasteiger partial charge in [-0.1, -0.05) is 5.22 Å². The van der Waals surface area contributed by atoms with Gasteiger partial charge >= 0.3 is 0 Å². The summed E-state index contributed by atoms with van der Waals surface area (Å²) in [6.45, 7) is 8.01. The lowest BCUT2D eigenvalue weighted by Gasteiger charge is -2.25. The van der Waals surface area contributed by atoms with E-state index >= 15 is 0 Å². The third-order valence-electron chi connectivity index (χ3n) is 3.49. The Hall–Kier alpha value is -2.82. The van der Waals surface area contributed by atoms with Gasteiger partial charge in [-0.2, -0.15) is 10.4 Å². The summed E-state index contributed by atoms with van der Waals surface area (Å²) < 4.78 is 28.1. The van der Waals surface area contributed by atoms with Gasteiger partial charge < -0.3 is 0 Å². The molecule has 1 aromatic heterocycles. The van der Waals surface area contributed by atoms with Gasteiger partial charge in [-0.15, -0.1) is 5.11 Å². The van der Waals surface area contributed by atoms with Crippen LogP contribution < -0.4 is 0 Å². The highest BCUT2D eigenvalue weighted by atomic mass is 19.1. The molecule has 0 fully saturated rings. The number of rotatable bonds is 6. The van der Waals surface area contributed by atoms with Crippen molar-refractivity contribution in [2.75, 3.05) is 0 Å². The van der Waals surface area contributed by atoms with Crippen LogP contribution in [-0.4, -0.2) is 26.9 Å². The van der Waals surface area contributed by atoms with Crippen LogP contribution in [0.25, 0.3) is 0 Å². The number of aromatic nitrogens is 2. The van der Waals surface area contributed by atoms with Gasteiger partial charge in [0.2, 0.25) is 0 Å². The van der Waals surface area contributed by atoms with E-state index in [0.29, 0.717) is 5.56 Å². The molecule has 0 N–H and O–H groups in total. The number of hydrogen-bond acceptors (Lipinski definition) is 4. The Morgan fingerprint density at radius 2 is 1.76 bits per heavy atom. The third-order valence-corrected chi connectivity index (χ3v) is 3.49. The number of nitrogens with zero attached hydrogens (tertiary/aromatic N) is 6. The minimum atomic E-state index is -0.670. The molecule has 2 rings (SSSR count). The van der Waals surface area contributed by atoms with Crippen LogP contribution in [0.1, 0.15) is 38.8 Å². The molecular weight excluding hydrogens is 326 g/mol. The zero-order valence-corrected chi connectivity index (χ0v) is 14.6. The average molecular weight is 346 g/mol. The normalized spacial score (nSPS) is 11.5. The second-order valence-corrected chi connectivity index (χ2v) is 6.19. The Morgan fingerprint density at radius 3 is 2.28 bits per heavy atom. The molecule has 132 valence electrons. The van der Waals surface area contributed by atoms with Gasteiger partial charge in [0.25, 0.3) is 0 Å². The molecule has 0 atom stereocenters. The lowest BCUT2D eigenvalue weighted by Crippen LogP contribution is -2.31. The second-order valence-electron chi connectivity index (χ2n) is 6.19. The number of benzene rings is 1. The van der Waals surface area contributed by atoms with Crippen LogP contribution in [0, 0.1) is 23.0 Å². The number of halogens is 2. The Morgan fingerprint density at radius 1 is 1.16 bits per heavy atom. The van der Waals surface area contributed by atoms with Crippen LogP contribution in [0.2, 0.25) is 0 Å². The van der Waals surface area contributed by atoms with Crippen molar-refractivity contribution in [1.82, 2.24) is 14.8 Å². The summed E-state index contributed by atoms with van der Waals surface area (Å²) in [4.78, 5) is 0. The highest BCUT2D eigenvalue weighted by Gasteiger charge is 2.14. The van der Waals surface area contributed by atoms with Gasteiger partial charge in [-0.25, -0.2) is 13.5 Å². The van der Waals surface area contributed by atoms with Crippen LogP contribution in [-0.2, 0) is 6.54 Å². The van der Waals surface area contributed by atoms with E-state index in [1.807, 2.05) is 33.8 Å². The van der Waals surface area contributed by atoms with Gasteiger partial charge in [0, 0.05) is 18.2 Å². The average Bonchev–Trinajstić information content (AvgIpc) is 2.87. The Balaban J connectivity index is 2.35. The van der Waals surface area contributed by atoms with E-state index in [1.54, 1.807) is 5.01 Å². The van der Waals surface area contributed by atoms with E-state index in [-0.39, 0.29) is 30.0 Å². The van der Waals surface area contributed by atoms with Gasteiger partial charge in [0.05, 0.1) is 12.7 Å². The first kappa shape index (κ1) is 18.5.